The average Bonchev–Trinajstić information content (AvgIpc) is 3.49. The van der Waals surface area contributed by atoms with Crippen LogP contribution in [-0.4, -0.2) is 131 Å². The van der Waals surface area contributed by atoms with E-state index in [0.717, 1.165) is 43.4 Å². The highest BCUT2D eigenvalue weighted by atomic mass is 35.5. The van der Waals surface area contributed by atoms with Crippen LogP contribution in [0.4, 0.5) is 28.4 Å². The Hall–Kier alpha value is -3.27. The van der Waals surface area contributed by atoms with E-state index in [9.17, 15) is 32.7 Å². The van der Waals surface area contributed by atoms with Crippen LogP contribution in [0.1, 0.15) is 42.4 Å². The fraction of sp³-hybridized carbons (Fsp3) is 0.618. The van der Waals surface area contributed by atoms with E-state index in [1.807, 2.05) is 15.7 Å². The number of carbonyl (C=O) groups excluding carboxylic acids is 3. The highest BCUT2D eigenvalue weighted by molar-refractivity contribution is 7.08. The molecule has 50 heavy (non-hydrogen) atoms. The fourth-order valence-electron chi connectivity index (χ4n) is 8.39. The summed E-state index contributed by atoms with van der Waals surface area (Å²) in [4.78, 5) is 50.8. The monoisotopic (exact) mass is 737 g/mol. The van der Waals surface area contributed by atoms with Gasteiger partial charge in [0.05, 0.1) is 16.3 Å². The van der Waals surface area contributed by atoms with Gasteiger partial charge < -0.3 is 35.3 Å². The number of aromatic hydroxyl groups is 1. The SMILES string of the molecule is O=C(N[C@H](Cc1cc(Cl)c(O)c(C(F)(F)F)c1)C(=O)N1CCN(C2CN3CCC2CC3)CC1)N1CCC(N2CCc3cscc3NC2=O)CC1. The second-order valence-electron chi connectivity index (χ2n) is 14.1. The number of benzene rings is 1. The van der Waals surface area contributed by atoms with Crippen LogP contribution >= 0.6 is 22.9 Å². The number of rotatable bonds is 6. The van der Waals surface area contributed by atoms with Gasteiger partial charge in [-0.1, -0.05) is 11.6 Å². The number of carbonyl (C=O) groups is 3. The number of hydrogen-bond acceptors (Lipinski definition) is 7. The molecular formula is C34H43ClF3N7O4S. The Balaban J connectivity index is 1.02. The van der Waals surface area contributed by atoms with Crippen LogP contribution in [0, 0.1) is 5.92 Å². The first kappa shape index (κ1) is 35.1. The molecule has 0 aliphatic carbocycles. The normalized spacial score (nSPS) is 25.6. The van der Waals surface area contributed by atoms with Gasteiger partial charge in [-0.2, -0.15) is 13.2 Å². The number of hydrogen-bond donors (Lipinski definition) is 3. The molecule has 16 heteroatoms. The van der Waals surface area contributed by atoms with Crippen molar-refractivity contribution >= 4 is 46.6 Å². The number of anilines is 1. The van der Waals surface area contributed by atoms with Crippen molar-refractivity contribution in [2.45, 2.75) is 62.8 Å². The van der Waals surface area contributed by atoms with Gasteiger partial charge in [0.15, 0.2) is 0 Å². The minimum Gasteiger partial charge on any atom is -0.506 e. The van der Waals surface area contributed by atoms with Crippen molar-refractivity contribution in [3.63, 3.8) is 0 Å². The van der Waals surface area contributed by atoms with Crippen molar-refractivity contribution in [2.75, 3.05) is 70.8 Å². The highest BCUT2D eigenvalue weighted by Crippen LogP contribution is 2.40. The smallest absolute Gasteiger partial charge is 0.420 e. The predicted molar refractivity (Wildman–Crippen MR) is 184 cm³/mol. The number of piperidine rings is 4. The number of nitrogens with zero attached hydrogens (tertiary/aromatic N) is 5. The number of likely N-dealkylation sites (tertiary alicyclic amines) is 1. The van der Waals surface area contributed by atoms with Crippen LogP contribution in [0.2, 0.25) is 5.02 Å². The Morgan fingerprint density at radius 1 is 0.980 bits per heavy atom. The maximum Gasteiger partial charge on any atom is 0.420 e. The summed E-state index contributed by atoms with van der Waals surface area (Å²) in [5, 5.41) is 19.3. The van der Waals surface area contributed by atoms with Gasteiger partial charge in [0.2, 0.25) is 5.91 Å². The molecule has 272 valence electrons. The number of amides is 5. The first-order valence-corrected chi connectivity index (χ1v) is 18.8. The summed E-state index contributed by atoms with van der Waals surface area (Å²) < 4.78 is 41.3. The zero-order valence-corrected chi connectivity index (χ0v) is 29.3. The third-order valence-corrected chi connectivity index (χ3v) is 12.3. The van der Waals surface area contributed by atoms with Crippen molar-refractivity contribution in [3.05, 3.63) is 44.6 Å². The lowest BCUT2D eigenvalue weighted by Crippen LogP contribution is -2.63. The Kier molecular flexibility index (Phi) is 10.1. The molecule has 0 radical (unpaired) electrons. The molecule has 5 amide bonds. The molecule has 6 aliphatic rings. The summed E-state index contributed by atoms with van der Waals surface area (Å²) in [5.41, 5.74) is 0.728. The predicted octanol–water partition coefficient (Wildman–Crippen LogP) is 4.54. The zero-order valence-electron chi connectivity index (χ0n) is 27.8. The number of nitrogens with one attached hydrogen (secondary N) is 2. The van der Waals surface area contributed by atoms with Gasteiger partial charge in [-0.15, -0.1) is 11.3 Å². The Morgan fingerprint density at radius 3 is 2.36 bits per heavy atom. The topological polar surface area (TPSA) is 112 Å². The molecular weight excluding hydrogens is 695 g/mol. The van der Waals surface area contributed by atoms with Gasteiger partial charge in [-0.25, -0.2) is 9.59 Å². The Labute approximate surface area is 298 Å². The third kappa shape index (κ3) is 7.37. The van der Waals surface area contributed by atoms with E-state index in [-0.39, 0.29) is 30.0 Å². The number of piperazine rings is 1. The maximum atomic E-state index is 14.1. The van der Waals surface area contributed by atoms with Gasteiger partial charge in [0.25, 0.3) is 0 Å². The van der Waals surface area contributed by atoms with Crippen molar-refractivity contribution in [1.29, 1.82) is 0 Å². The first-order valence-electron chi connectivity index (χ1n) is 17.5. The summed E-state index contributed by atoms with van der Waals surface area (Å²) in [6.45, 7) is 6.88. The molecule has 2 atom stereocenters. The number of phenolic OH excluding ortho intramolecular Hbond substituents is 1. The average molecular weight is 738 g/mol. The number of alkyl halides is 3. The standard InChI is InChI=1S/C34H43ClF3N7O4S/c35-26-16-21(15-25(30(26)46)34(36,37)38)17-27(31(47)43-13-11-42(12-14-43)29-18-41-6-1-22(29)2-7-41)39-32(48)44-8-4-24(5-9-44)45-10-3-23-19-50-20-28(23)40-33(45)49/h15-16,19-20,22,24,27,29,46H,1-14,17-18H2,(H,39,48)(H,40,49)/t27-,29?/m1/s1. The molecule has 0 saturated carbocycles. The van der Waals surface area contributed by atoms with Crippen LogP contribution < -0.4 is 10.6 Å². The van der Waals surface area contributed by atoms with Crippen LogP contribution in [0.5, 0.6) is 5.75 Å². The molecule has 3 N–H and O–H groups in total. The molecule has 7 heterocycles. The van der Waals surface area contributed by atoms with Crippen LogP contribution in [0.15, 0.2) is 22.9 Å². The summed E-state index contributed by atoms with van der Waals surface area (Å²) in [7, 11) is 0. The molecule has 2 bridgehead atoms. The Morgan fingerprint density at radius 2 is 1.70 bits per heavy atom. The van der Waals surface area contributed by atoms with Gasteiger partial charge in [-0.05, 0) is 79.8 Å². The summed E-state index contributed by atoms with van der Waals surface area (Å²) in [5.74, 6) is -0.786. The number of halogens is 4. The minimum absolute atomic E-state index is 0.0587. The molecule has 2 aromatic rings. The minimum atomic E-state index is -4.86. The zero-order chi connectivity index (χ0) is 35.2. The molecule has 5 fully saturated rings. The molecule has 1 unspecified atom stereocenters. The second-order valence-corrected chi connectivity index (χ2v) is 15.3. The fourth-order valence-corrected chi connectivity index (χ4v) is 9.46. The molecule has 1 aromatic heterocycles. The van der Waals surface area contributed by atoms with E-state index >= 15 is 0 Å². The molecule has 6 aliphatic heterocycles. The lowest BCUT2D eigenvalue weighted by Gasteiger charge is -2.51. The molecule has 11 nitrogen and oxygen atoms in total. The number of thiophene rings is 1. The van der Waals surface area contributed by atoms with Gasteiger partial charge in [0, 0.05) is 76.2 Å². The maximum absolute atomic E-state index is 14.1. The van der Waals surface area contributed by atoms with Gasteiger partial charge in [0.1, 0.15) is 11.8 Å². The van der Waals surface area contributed by atoms with Crippen LogP contribution in [0.3, 0.4) is 0 Å². The molecule has 5 saturated heterocycles. The lowest BCUT2D eigenvalue weighted by atomic mass is 9.83. The van der Waals surface area contributed by atoms with E-state index in [2.05, 4.69) is 20.4 Å². The van der Waals surface area contributed by atoms with Crippen molar-refractivity contribution in [2.24, 2.45) is 5.92 Å². The van der Waals surface area contributed by atoms with Crippen molar-refractivity contribution < 1.29 is 32.7 Å². The quantitative estimate of drug-likeness (QED) is 0.402. The van der Waals surface area contributed by atoms with E-state index in [1.54, 1.807) is 21.1 Å². The largest absolute Gasteiger partial charge is 0.506 e. The van der Waals surface area contributed by atoms with E-state index in [1.165, 1.54) is 18.9 Å². The number of urea groups is 2. The molecule has 8 rings (SSSR count). The van der Waals surface area contributed by atoms with Gasteiger partial charge >= 0.3 is 18.2 Å². The second kappa shape index (κ2) is 14.4. The summed E-state index contributed by atoms with van der Waals surface area (Å²) in [6.07, 6.45) is -0.878. The number of phenols is 1. The Bertz CT molecular complexity index is 1590. The molecule has 0 spiro atoms. The van der Waals surface area contributed by atoms with Crippen LogP contribution in [-0.2, 0) is 23.8 Å². The molecule has 1 aromatic carbocycles. The number of fused-ring (bicyclic) bond motifs is 4. The third-order valence-electron chi connectivity index (χ3n) is 11.2. The van der Waals surface area contributed by atoms with Crippen molar-refractivity contribution in [3.8, 4) is 5.75 Å². The van der Waals surface area contributed by atoms with Crippen LogP contribution in [0.25, 0.3) is 0 Å². The highest BCUT2D eigenvalue weighted by Gasteiger charge is 2.41. The lowest BCUT2D eigenvalue weighted by molar-refractivity contribution is -0.138. The van der Waals surface area contributed by atoms with E-state index in [0.29, 0.717) is 70.6 Å². The van der Waals surface area contributed by atoms with E-state index in [4.69, 9.17) is 11.6 Å². The van der Waals surface area contributed by atoms with E-state index < -0.39 is 34.6 Å². The first-order chi connectivity index (χ1) is 23.9. The summed E-state index contributed by atoms with van der Waals surface area (Å²) >= 11 is 7.57. The van der Waals surface area contributed by atoms with Gasteiger partial charge in [-0.3, -0.25) is 9.69 Å². The summed E-state index contributed by atoms with van der Waals surface area (Å²) in [6, 6.07) is 0.598. The van der Waals surface area contributed by atoms with Crippen molar-refractivity contribution in [1.82, 2.24) is 29.8 Å².